The van der Waals surface area contributed by atoms with Gasteiger partial charge < -0.3 is 0 Å². The van der Waals surface area contributed by atoms with E-state index in [1.165, 1.54) is 21.6 Å². The average molecular weight is 322 g/mol. The number of rotatable bonds is 2. The number of halogens is 2. The third-order valence-corrected chi connectivity index (χ3v) is 5.29. The molecule has 2 aromatic heterocycles. The summed E-state index contributed by atoms with van der Waals surface area (Å²) in [5.74, 6) is 0. The minimum atomic E-state index is -0.0150. The van der Waals surface area contributed by atoms with E-state index in [-0.39, 0.29) is 5.38 Å². The summed E-state index contributed by atoms with van der Waals surface area (Å²) in [6, 6.07) is 2.12. The minimum Gasteiger partial charge on any atom is -0.152 e. The summed E-state index contributed by atoms with van der Waals surface area (Å²) in [5, 5.41) is 4.26. The van der Waals surface area contributed by atoms with Crippen molar-refractivity contribution >= 4 is 50.2 Å². The van der Waals surface area contributed by atoms with Crippen molar-refractivity contribution in [3.63, 3.8) is 0 Å². The molecule has 1 atom stereocenters. The Balaban J connectivity index is 2.40. The highest BCUT2D eigenvalue weighted by molar-refractivity contribution is 9.11. The molecule has 15 heavy (non-hydrogen) atoms. The van der Waals surface area contributed by atoms with Crippen molar-refractivity contribution in [3.05, 3.63) is 42.2 Å². The van der Waals surface area contributed by atoms with Crippen LogP contribution in [0.4, 0.5) is 0 Å². The van der Waals surface area contributed by atoms with Crippen LogP contribution in [0, 0.1) is 13.8 Å². The van der Waals surface area contributed by atoms with Crippen molar-refractivity contribution in [1.82, 2.24) is 0 Å². The van der Waals surface area contributed by atoms with Crippen LogP contribution in [0.1, 0.15) is 26.9 Å². The Morgan fingerprint density at radius 1 is 1.27 bits per heavy atom. The summed E-state index contributed by atoms with van der Waals surface area (Å²) in [6.45, 7) is 4.22. The Bertz CT molecular complexity index is 473. The van der Waals surface area contributed by atoms with Crippen LogP contribution in [-0.2, 0) is 0 Å². The van der Waals surface area contributed by atoms with Crippen molar-refractivity contribution in [2.45, 2.75) is 19.2 Å². The lowest BCUT2D eigenvalue weighted by molar-refractivity contribution is 1.12. The lowest BCUT2D eigenvalue weighted by atomic mass is 10.1. The van der Waals surface area contributed by atoms with Gasteiger partial charge in [-0.1, -0.05) is 0 Å². The second kappa shape index (κ2) is 4.58. The molecule has 4 heteroatoms. The first-order valence-corrected chi connectivity index (χ1v) is 7.51. The molecule has 0 aliphatic rings. The molecule has 2 rings (SSSR count). The Kier molecular flexibility index (Phi) is 3.56. The number of thiophene rings is 2. The van der Waals surface area contributed by atoms with Crippen LogP contribution < -0.4 is 0 Å². The highest BCUT2D eigenvalue weighted by atomic mass is 79.9. The van der Waals surface area contributed by atoms with E-state index in [4.69, 9.17) is 11.6 Å². The molecule has 0 amide bonds. The van der Waals surface area contributed by atoms with Crippen molar-refractivity contribution in [1.29, 1.82) is 0 Å². The number of alkyl halides is 1. The van der Waals surface area contributed by atoms with Crippen LogP contribution in [0.15, 0.2) is 20.6 Å². The summed E-state index contributed by atoms with van der Waals surface area (Å²) >= 11 is 13.4. The number of hydrogen-bond acceptors (Lipinski definition) is 2. The molecule has 2 aromatic rings. The van der Waals surface area contributed by atoms with Gasteiger partial charge in [-0.15, -0.1) is 22.9 Å². The molecule has 0 fully saturated rings. The van der Waals surface area contributed by atoms with E-state index in [0.717, 1.165) is 3.79 Å². The molecule has 0 N–H and O–H groups in total. The van der Waals surface area contributed by atoms with E-state index in [0.29, 0.717) is 0 Å². The molecule has 0 aromatic carbocycles. The second-order valence-electron chi connectivity index (χ2n) is 3.43. The van der Waals surface area contributed by atoms with E-state index in [1.807, 2.05) is 0 Å². The molecule has 0 radical (unpaired) electrons. The Morgan fingerprint density at radius 3 is 2.47 bits per heavy atom. The summed E-state index contributed by atoms with van der Waals surface area (Å²) in [6.07, 6.45) is 0. The summed E-state index contributed by atoms with van der Waals surface area (Å²) in [4.78, 5) is 1.28. The summed E-state index contributed by atoms with van der Waals surface area (Å²) in [5.41, 5.74) is 3.73. The molecule has 1 unspecified atom stereocenters. The van der Waals surface area contributed by atoms with Gasteiger partial charge in [0, 0.05) is 4.88 Å². The standard InChI is InChI=1S/C11H10BrClS2/c1-6-4-14-5-9(6)11(13)8-3-10(12)15-7(8)2/h3-5,11H,1-2H3. The fourth-order valence-corrected chi connectivity index (χ4v) is 4.73. The van der Waals surface area contributed by atoms with Crippen molar-refractivity contribution in [2.24, 2.45) is 0 Å². The van der Waals surface area contributed by atoms with E-state index < -0.39 is 0 Å². The quantitative estimate of drug-likeness (QED) is 0.639. The van der Waals surface area contributed by atoms with Gasteiger partial charge in [0.15, 0.2) is 0 Å². The predicted molar refractivity (Wildman–Crippen MR) is 73.5 cm³/mol. The van der Waals surface area contributed by atoms with Crippen LogP contribution in [0.25, 0.3) is 0 Å². The largest absolute Gasteiger partial charge is 0.152 e. The molecule has 0 aliphatic heterocycles. The normalized spacial score (nSPS) is 13.1. The molecule has 2 heterocycles. The maximum absolute atomic E-state index is 6.49. The zero-order valence-corrected chi connectivity index (χ0v) is 12.4. The van der Waals surface area contributed by atoms with E-state index in [2.05, 4.69) is 46.6 Å². The zero-order valence-electron chi connectivity index (χ0n) is 8.38. The molecular weight excluding hydrogens is 312 g/mol. The van der Waals surface area contributed by atoms with Gasteiger partial charge in [0.05, 0.1) is 9.16 Å². The van der Waals surface area contributed by atoms with Gasteiger partial charge in [-0.05, 0) is 63.3 Å². The molecule has 80 valence electrons. The van der Waals surface area contributed by atoms with Crippen LogP contribution in [0.3, 0.4) is 0 Å². The zero-order chi connectivity index (χ0) is 11.0. The molecule has 0 spiro atoms. The first-order valence-electron chi connectivity index (χ1n) is 4.52. The molecule has 0 aliphatic carbocycles. The van der Waals surface area contributed by atoms with Crippen LogP contribution in [0.5, 0.6) is 0 Å². The Labute approximate surface area is 111 Å². The average Bonchev–Trinajstić information content (AvgIpc) is 2.71. The SMILES string of the molecule is Cc1cscc1C(Cl)c1cc(Br)sc1C. The van der Waals surface area contributed by atoms with Gasteiger partial charge in [-0.3, -0.25) is 0 Å². The fraction of sp³-hybridized carbons (Fsp3) is 0.273. The molecular formula is C11H10BrClS2. The third kappa shape index (κ3) is 2.31. The summed E-state index contributed by atoms with van der Waals surface area (Å²) in [7, 11) is 0. The van der Waals surface area contributed by atoms with Crippen LogP contribution >= 0.6 is 50.2 Å². The molecule has 0 saturated carbocycles. The molecule has 0 saturated heterocycles. The highest BCUT2D eigenvalue weighted by Gasteiger charge is 2.17. The first-order chi connectivity index (χ1) is 7.09. The smallest absolute Gasteiger partial charge is 0.0857 e. The molecule has 0 bridgehead atoms. The minimum absolute atomic E-state index is 0.0150. The van der Waals surface area contributed by atoms with E-state index in [9.17, 15) is 0 Å². The van der Waals surface area contributed by atoms with Crippen molar-refractivity contribution in [2.75, 3.05) is 0 Å². The van der Waals surface area contributed by atoms with Gasteiger partial charge >= 0.3 is 0 Å². The van der Waals surface area contributed by atoms with Crippen molar-refractivity contribution in [3.8, 4) is 0 Å². The number of aryl methyl sites for hydroxylation is 2. The topological polar surface area (TPSA) is 0 Å². The molecule has 0 nitrogen and oxygen atoms in total. The maximum Gasteiger partial charge on any atom is 0.0857 e. The van der Waals surface area contributed by atoms with E-state index >= 15 is 0 Å². The Hall–Kier alpha value is 0.170. The third-order valence-electron chi connectivity index (χ3n) is 2.37. The van der Waals surface area contributed by atoms with Gasteiger partial charge in [0.2, 0.25) is 0 Å². The van der Waals surface area contributed by atoms with Crippen LogP contribution in [-0.4, -0.2) is 0 Å². The predicted octanol–water partition coefficient (Wildman–Crippen LogP) is 5.52. The monoisotopic (exact) mass is 320 g/mol. The Morgan fingerprint density at radius 2 is 2.00 bits per heavy atom. The maximum atomic E-state index is 6.49. The van der Waals surface area contributed by atoms with Crippen LogP contribution in [0.2, 0.25) is 0 Å². The summed E-state index contributed by atoms with van der Waals surface area (Å²) < 4.78 is 1.15. The van der Waals surface area contributed by atoms with Gasteiger partial charge in [0.1, 0.15) is 0 Å². The van der Waals surface area contributed by atoms with Gasteiger partial charge in [-0.2, -0.15) is 11.3 Å². The number of hydrogen-bond donors (Lipinski definition) is 0. The van der Waals surface area contributed by atoms with Gasteiger partial charge in [-0.25, -0.2) is 0 Å². The lowest BCUT2D eigenvalue weighted by Gasteiger charge is -2.08. The van der Waals surface area contributed by atoms with E-state index in [1.54, 1.807) is 22.7 Å². The second-order valence-corrected chi connectivity index (χ2v) is 7.25. The first kappa shape index (κ1) is 11.6. The van der Waals surface area contributed by atoms with Crippen molar-refractivity contribution < 1.29 is 0 Å². The van der Waals surface area contributed by atoms with Gasteiger partial charge in [0.25, 0.3) is 0 Å². The fourth-order valence-electron chi connectivity index (χ4n) is 1.51. The highest BCUT2D eigenvalue weighted by Crippen LogP contribution is 2.39. The lowest BCUT2D eigenvalue weighted by Crippen LogP contribution is -1.92.